The van der Waals surface area contributed by atoms with Crippen molar-refractivity contribution in [1.29, 1.82) is 0 Å². The summed E-state index contributed by atoms with van der Waals surface area (Å²) in [6.07, 6.45) is 2.07. The molecule has 1 fully saturated rings. The van der Waals surface area contributed by atoms with Crippen LogP contribution in [0.25, 0.3) is 0 Å². The number of nitrogens with one attached hydrogen (secondary N) is 1. The molecule has 1 N–H and O–H groups in total. The molecule has 0 aliphatic heterocycles. The maximum atomic E-state index is 11.5. The Morgan fingerprint density at radius 2 is 2.27 bits per heavy atom. The monoisotopic (exact) mass is 223 g/mol. The van der Waals surface area contributed by atoms with Gasteiger partial charge in [-0.25, -0.2) is 0 Å². The lowest BCUT2D eigenvalue weighted by Crippen LogP contribution is -2.27. The first-order valence-electron chi connectivity index (χ1n) is 5.22. The van der Waals surface area contributed by atoms with E-state index in [0.29, 0.717) is 5.02 Å². The minimum Gasteiger partial charge on any atom is -0.349 e. The van der Waals surface area contributed by atoms with E-state index in [2.05, 4.69) is 5.32 Å². The second-order valence-corrected chi connectivity index (χ2v) is 4.50. The Morgan fingerprint density at radius 3 is 2.87 bits per heavy atom. The average molecular weight is 224 g/mol. The molecule has 15 heavy (non-hydrogen) atoms. The molecule has 3 heteroatoms. The summed E-state index contributed by atoms with van der Waals surface area (Å²) in [6, 6.07) is 7.64. The fraction of sp³-hybridized carbons (Fsp3) is 0.417. The van der Waals surface area contributed by atoms with E-state index >= 15 is 0 Å². The van der Waals surface area contributed by atoms with E-state index in [-0.39, 0.29) is 17.9 Å². The highest BCUT2D eigenvalue weighted by molar-refractivity contribution is 6.30. The molecule has 0 saturated heterocycles. The summed E-state index contributed by atoms with van der Waals surface area (Å²) < 4.78 is 0. The quantitative estimate of drug-likeness (QED) is 0.839. The number of amides is 1. The van der Waals surface area contributed by atoms with Gasteiger partial charge in [0.25, 0.3) is 0 Å². The molecule has 80 valence electrons. The summed E-state index contributed by atoms with van der Waals surface area (Å²) in [7, 11) is 0. The van der Waals surface area contributed by atoms with Crippen LogP contribution in [0.15, 0.2) is 24.3 Å². The smallest absolute Gasteiger partial charge is 0.223 e. The fourth-order valence-corrected chi connectivity index (χ4v) is 1.73. The molecule has 1 aliphatic carbocycles. The molecule has 0 aromatic heterocycles. The molecule has 1 amide bonds. The minimum absolute atomic E-state index is 0.0387. The van der Waals surface area contributed by atoms with E-state index in [0.717, 1.165) is 18.4 Å². The Balaban J connectivity index is 2.00. The maximum absolute atomic E-state index is 11.5. The molecule has 1 aromatic carbocycles. The zero-order valence-electron chi connectivity index (χ0n) is 8.66. The topological polar surface area (TPSA) is 29.1 Å². The highest BCUT2D eigenvalue weighted by atomic mass is 35.5. The van der Waals surface area contributed by atoms with Crippen molar-refractivity contribution < 1.29 is 4.79 Å². The number of rotatable bonds is 3. The largest absolute Gasteiger partial charge is 0.349 e. The van der Waals surface area contributed by atoms with Crippen LogP contribution in [0.1, 0.15) is 31.4 Å². The molecule has 0 bridgehead atoms. The highest BCUT2D eigenvalue weighted by Crippen LogP contribution is 2.29. The van der Waals surface area contributed by atoms with Crippen LogP contribution in [0.2, 0.25) is 5.02 Å². The summed E-state index contributed by atoms with van der Waals surface area (Å²) >= 11 is 5.89. The van der Waals surface area contributed by atoms with Crippen LogP contribution in [0.3, 0.4) is 0 Å². The molecule has 0 radical (unpaired) electrons. The number of carbonyl (C=O) groups excluding carboxylic acids is 1. The number of hydrogen-bond donors (Lipinski definition) is 1. The molecule has 1 saturated carbocycles. The second-order valence-electron chi connectivity index (χ2n) is 4.06. The van der Waals surface area contributed by atoms with E-state index < -0.39 is 0 Å². The zero-order chi connectivity index (χ0) is 10.8. The van der Waals surface area contributed by atoms with Gasteiger partial charge in [0.1, 0.15) is 0 Å². The van der Waals surface area contributed by atoms with Gasteiger partial charge in [-0.15, -0.1) is 0 Å². The molecule has 0 heterocycles. The van der Waals surface area contributed by atoms with Crippen molar-refractivity contribution in [2.24, 2.45) is 5.92 Å². The summed E-state index contributed by atoms with van der Waals surface area (Å²) in [4.78, 5) is 11.5. The molecule has 1 atom stereocenters. The Bertz CT molecular complexity index is 374. The molecular formula is C12H14ClNO. The van der Waals surface area contributed by atoms with E-state index in [9.17, 15) is 4.79 Å². The van der Waals surface area contributed by atoms with Gasteiger partial charge in [0.15, 0.2) is 0 Å². The second kappa shape index (κ2) is 4.23. The molecule has 2 nitrogen and oxygen atoms in total. The van der Waals surface area contributed by atoms with Gasteiger partial charge < -0.3 is 5.32 Å². The Morgan fingerprint density at radius 1 is 1.53 bits per heavy atom. The van der Waals surface area contributed by atoms with Crippen molar-refractivity contribution in [3.63, 3.8) is 0 Å². The third kappa shape index (κ3) is 2.72. The van der Waals surface area contributed by atoms with Crippen molar-refractivity contribution in [2.45, 2.75) is 25.8 Å². The Kier molecular flexibility index (Phi) is 2.96. The number of carbonyl (C=O) groups is 1. The van der Waals surface area contributed by atoms with Gasteiger partial charge in [-0.2, -0.15) is 0 Å². The lowest BCUT2D eigenvalue weighted by Gasteiger charge is -2.14. The lowest BCUT2D eigenvalue weighted by atomic mass is 10.1. The predicted molar refractivity (Wildman–Crippen MR) is 60.7 cm³/mol. The maximum Gasteiger partial charge on any atom is 0.223 e. The Labute approximate surface area is 94.6 Å². The van der Waals surface area contributed by atoms with E-state index in [1.807, 2.05) is 31.2 Å². The molecule has 1 aromatic rings. The SMILES string of the molecule is C[C@@H](NC(=O)C1CC1)c1cccc(Cl)c1. The van der Waals surface area contributed by atoms with E-state index in [1.54, 1.807) is 0 Å². The summed E-state index contributed by atoms with van der Waals surface area (Å²) in [5.41, 5.74) is 1.05. The average Bonchev–Trinajstić information content (AvgIpc) is 3.00. The predicted octanol–water partition coefficient (Wildman–Crippen LogP) is 2.93. The van der Waals surface area contributed by atoms with Gasteiger partial charge in [0, 0.05) is 10.9 Å². The van der Waals surface area contributed by atoms with Crippen molar-refractivity contribution in [2.75, 3.05) is 0 Å². The highest BCUT2D eigenvalue weighted by Gasteiger charge is 2.30. The van der Waals surface area contributed by atoms with E-state index in [4.69, 9.17) is 11.6 Å². The zero-order valence-corrected chi connectivity index (χ0v) is 9.42. The third-order valence-corrected chi connectivity index (χ3v) is 2.89. The summed E-state index contributed by atoms with van der Waals surface area (Å²) in [5.74, 6) is 0.425. The minimum atomic E-state index is 0.0387. The van der Waals surface area contributed by atoms with Crippen LogP contribution in [0, 0.1) is 5.92 Å². The standard InChI is InChI=1S/C12H14ClNO/c1-8(14-12(15)9-5-6-9)10-3-2-4-11(13)7-10/h2-4,7-9H,5-6H2,1H3,(H,14,15)/t8-/m1/s1. The van der Waals surface area contributed by atoms with Gasteiger partial charge in [-0.3, -0.25) is 4.79 Å². The van der Waals surface area contributed by atoms with Crippen LogP contribution in [-0.2, 0) is 4.79 Å². The van der Waals surface area contributed by atoms with Crippen molar-refractivity contribution in [1.82, 2.24) is 5.32 Å². The van der Waals surface area contributed by atoms with Crippen LogP contribution in [0.4, 0.5) is 0 Å². The van der Waals surface area contributed by atoms with Crippen LogP contribution in [-0.4, -0.2) is 5.91 Å². The molecule has 0 unspecified atom stereocenters. The first-order valence-corrected chi connectivity index (χ1v) is 5.60. The number of hydrogen-bond acceptors (Lipinski definition) is 1. The summed E-state index contributed by atoms with van der Waals surface area (Å²) in [5, 5.41) is 3.70. The van der Waals surface area contributed by atoms with Crippen LogP contribution >= 0.6 is 11.6 Å². The third-order valence-electron chi connectivity index (χ3n) is 2.66. The van der Waals surface area contributed by atoms with Gasteiger partial charge in [0.2, 0.25) is 5.91 Å². The number of benzene rings is 1. The van der Waals surface area contributed by atoms with Crippen molar-refractivity contribution in [3.8, 4) is 0 Å². The molecular weight excluding hydrogens is 210 g/mol. The molecule has 0 spiro atoms. The van der Waals surface area contributed by atoms with Crippen molar-refractivity contribution in [3.05, 3.63) is 34.9 Å². The van der Waals surface area contributed by atoms with Crippen LogP contribution in [0.5, 0.6) is 0 Å². The van der Waals surface area contributed by atoms with E-state index in [1.165, 1.54) is 0 Å². The molecule has 1 aliphatic rings. The van der Waals surface area contributed by atoms with Gasteiger partial charge in [-0.1, -0.05) is 23.7 Å². The normalized spacial score (nSPS) is 17.2. The molecule has 2 rings (SSSR count). The van der Waals surface area contributed by atoms with Crippen molar-refractivity contribution >= 4 is 17.5 Å². The first kappa shape index (κ1) is 10.5. The lowest BCUT2D eigenvalue weighted by molar-refractivity contribution is -0.122. The Hall–Kier alpha value is -1.02. The van der Waals surface area contributed by atoms with Gasteiger partial charge >= 0.3 is 0 Å². The van der Waals surface area contributed by atoms with Crippen LogP contribution < -0.4 is 5.32 Å². The van der Waals surface area contributed by atoms with Gasteiger partial charge in [-0.05, 0) is 37.5 Å². The first-order chi connectivity index (χ1) is 7.16. The number of halogens is 1. The van der Waals surface area contributed by atoms with Gasteiger partial charge in [0.05, 0.1) is 6.04 Å². The summed E-state index contributed by atoms with van der Waals surface area (Å²) in [6.45, 7) is 1.98. The fourth-order valence-electron chi connectivity index (χ4n) is 1.54.